The SMILES string of the molecule is CCOC(=O)CCN(C[C@@H]1CC=CCC1)c1cc(O)c2c(c1O)C(=O)c1ccccc1C2=O. The number of phenols is 2. The Hall–Kier alpha value is -3.61. The van der Waals surface area contributed by atoms with E-state index < -0.39 is 11.6 Å². The fraction of sp³-hybridized carbons (Fsp3) is 0.346. The summed E-state index contributed by atoms with van der Waals surface area (Å²) in [7, 11) is 0. The van der Waals surface area contributed by atoms with Crippen molar-refractivity contribution >= 4 is 23.2 Å². The van der Waals surface area contributed by atoms with Crippen molar-refractivity contribution in [3.63, 3.8) is 0 Å². The molecule has 0 aromatic heterocycles. The zero-order valence-electron chi connectivity index (χ0n) is 18.5. The number of esters is 1. The number of rotatable bonds is 7. The minimum absolute atomic E-state index is 0.0867. The van der Waals surface area contributed by atoms with Crippen molar-refractivity contribution in [2.45, 2.75) is 32.6 Å². The van der Waals surface area contributed by atoms with Gasteiger partial charge in [0.2, 0.25) is 0 Å². The number of anilines is 1. The van der Waals surface area contributed by atoms with Crippen molar-refractivity contribution in [1.82, 2.24) is 0 Å². The first-order valence-corrected chi connectivity index (χ1v) is 11.2. The van der Waals surface area contributed by atoms with Crippen LogP contribution in [0.2, 0.25) is 0 Å². The van der Waals surface area contributed by atoms with Gasteiger partial charge < -0.3 is 19.8 Å². The van der Waals surface area contributed by atoms with Gasteiger partial charge in [-0.15, -0.1) is 0 Å². The number of ketones is 2. The molecule has 0 radical (unpaired) electrons. The molecule has 2 aromatic carbocycles. The van der Waals surface area contributed by atoms with Gasteiger partial charge in [0.25, 0.3) is 0 Å². The van der Waals surface area contributed by atoms with Crippen molar-refractivity contribution in [3.8, 4) is 11.5 Å². The third-order valence-electron chi connectivity index (χ3n) is 6.22. The van der Waals surface area contributed by atoms with Crippen LogP contribution in [-0.2, 0) is 9.53 Å². The number of fused-ring (bicyclic) bond motifs is 2. The molecule has 0 fully saturated rings. The van der Waals surface area contributed by atoms with Gasteiger partial charge in [0.1, 0.15) is 5.75 Å². The Kier molecular flexibility index (Phi) is 6.49. The Bertz CT molecular complexity index is 1140. The van der Waals surface area contributed by atoms with Crippen molar-refractivity contribution in [1.29, 1.82) is 0 Å². The summed E-state index contributed by atoms with van der Waals surface area (Å²) in [6, 6.07) is 7.69. The zero-order valence-corrected chi connectivity index (χ0v) is 18.5. The van der Waals surface area contributed by atoms with Gasteiger partial charge in [-0.2, -0.15) is 0 Å². The molecule has 0 amide bonds. The lowest BCUT2D eigenvalue weighted by atomic mass is 9.82. The summed E-state index contributed by atoms with van der Waals surface area (Å²) < 4.78 is 5.05. The Morgan fingerprint density at radius 3 is 2.42 bits per heavy atom. The molecule has 7 nitrogen and oxygen atoms in total. The molecule has 0 aliphatic heterocycles. The minimum Gasteiger partial charge on any atom is -0.507 e. The maximum atomic E-state index is 13.2. The average Bonchev–Trinajstić information content (AvgIpc) is 2.82. The summed E-state index contributed by atoms with van der Waals surface area (Å²) >= 11 is 0. The first-order valence-electron chi connectivity index (χ1n) is 11.2. The van der Waals surface area contributed by atoms with Crippen molar-refractivity contribution in [2.24, 2.45) is 5.92 Å². The summed E-state index contributed by atoms with van der Waals surface area (Å²) in [4.78, 5) is 40.0. The van der Waals surface area contributed by atoms with Crippen LogP contribution >= 0.6 is 0 Å². The first kappa shape index (κ1) is 22.6. The van der Waals surface area contributed by atoms with Crippen LogP contribution in [0.5, 0.6) is 11.5 Å². The molecule has 172 valence electrons. The minimum atomic E-state index is -0.513. The van der Waals surface area contributed by atoms with Crippen molar-refractivity contribution in [2.75, 3.05) is 24.6 Å². The molecule has 33 heavy (non-hydrogen) atoms. The highest BCUT2D eigenvalue weighted by Gasteiger charge is 2.36. The topological polar surface area (TPSA) is 104 Å². The monoisotopic (exact) mass is 449 g/mol. The van der Waals surface area contributed by atoms with E-state index in [2.05, 4.69) is 12.2 Å². The number of aromatic hydroxyl groups is 2. The maximum Gasteiger partial charge on any atom is 0.307 e. The molecule has 2 aromatic rings. The molecule has 2 aliphatic carbocycles. The zero-order chi connectivity index (χ0) is 23.5. The fourth-order valence-electron chi connectivity index (χ4n) is 4.59. The van der Waals surface area contributed by atoms with Gasteiger partial charge in [0, 0.05) is 30.3 Å². The normalized spacial score (nSPS) is 16.8. The fourth-order valence-corrected chi connectivity index (χ4v) is 4.59. The molecule has 0 saturated heterocycles. The Labute approximate surface area is 192 Å². The highest BCUT2D eigenvalue weighted by atomic mass is 16.5. The first-order chi connectivity index (χ1) is 15.9. The molecular formula is C26H27NO6. The number of carbonyl (C=O) groups excluding carboxylic acids is 3. The van der Waals surface area contributed by atoms with Crippen LogP contribution in [0.3, 0.4) is 0 Å². The smallest absolute Gasteiger partial charge is 0.307 e. The Morgan fingerprint density at radius 1 is 1.09 bits per heavy atom. The molecule has 1 atom stereocenters. The predicted octanol–water partition coefficient (Wildman–Crippen LogP) is 3.99. The van der Waals surface area contributed by atoms with E-state index in [1.807, 2.05) is 0 Å². The molecule has 0 spiro atoms. The largest absolute Gasteiger partial charge is 0.507 e. The standard InChI is InChI=1S/C26H27NO6/c1-2-33-21(29)12-13-27(15-16-8-4-3-5-9-16)19-14-20(28)22-23(26(19)32)25(31)18-11-7-6-10-17(18)24(22)30/h3-4,6-7,10-11,14,16,28,32H,2,5,8-9,12-13,15H2,1H3/t16-/m1/s1. The van der Waals surface area contributed by atoms with Gasteiger partial charge in [-0.05, 0) is 32.1 Å². The second kappa shape index (κ2) is 9.48. The number of phenolic OH excluding ortho intramolecular Hbond substituents is 2. The average molecular weight is 450 g/mol. The number of nitrogens with zero attached hydrogens (tertiary/aromatic N) is 1. The number of allylic oxidation sites excluding steroid dienone is 2. The number of hydrogen-bond donors (Lipinski definition) is 2. The van der Waals surface area contributed by atoms with Gasteiger partial charge in [0.15, 0.2) is 17.3 Å². The maximum absolute atomic E-state index is 13.2. The van der Waals surface area contributed by atoms with Crippen molar-refractivity contribution < 1.29 is 29.3 Å². The molecule has 0 heterocycles. The second-order valence-corrected chi connectivity index (χ2v) is 8.37. The summed E-state index contributed by atoms with van der Waals surface area (Å²) in [6.45, 7) is 2.77. The molecule has 7 heteroatoms. The van der Waals surface area contributed by atoms with E-state index in [1.54, 1.807) is 24.0 Å². The lowest BCUT2D eigenvalue weighted by Gasteiger charge is -2.32. The van der Waals surface area contributed by atoms with Crippen LogP contribution in [0.4, 0.5) is 5.69 Å². The highest BCUT2D eigenvalue weighted by Crippen LogP contribution is 2.44. The Balaban J connectivity index is 1.75. The molecule has 2 N–H and O–H groups in total. The summed E-state index contributed by atoms with van der Waals surface area (Å²) in [5.74, 6) is -1.82. The highest BCUT2D eigenvalue weighted by molar-refractivity contribution is 6.30. The van der Waals surface area contributed by atoms with Gasteiger partial charge in [-0.1, -0.05) is 36.4 Å². The summed E-state index contributed by atoms with van der Waals surface area (Å²) in [5, 5.41) is 22.0. The number of benzene rings is 2. The number of carbonyl (C=O) groups is 3. The molecule has 0 bridgehead atoms. The van der Waals surface area contributed by atoms with Crippen LogP contribution in [0.1, 0.15) is 64.4 Å². The van der Waals surface area contributed by atoms with E-state index in [-0.39, 0.29) is 70.9 Å². The van der Waals surface area contributed by atoms with E-state index in [4.69, 9.17) is 4.74 Å². The van der Waals surface area contributed by atoms with Crippen LogP contribution < -0.4 is 4.90 Å². The molecule has 0 saturated carbocycles. The predicted molar refractivity (Wildman–Crippen MR) is 123 cm³/mol. The van der Waals surface area contributed by atoms with Crippen molar-refractivity contribution in [3.05, 3.63) is 64.7 Å². The summed E-state index contributed by atoms with van der Waals surface area (Å²) in [5.41, 5.74) is 0.234. The van der Waals surface area contributed by atoms with E-state index >= 15 is 0 Å². The van der Waals surface area contributed by atoms with E-state index in [9.17, 15) is 24.6 Å². The van der Waals surface area contributed by atoms with Crippen LogP contribution in [-0.4, -0.2) is 47.4 Å². The molecular weight excluding hydrogens is 422 g/mol. The molecule has 0 unspecified atom stereocenters. The van der Waals surface area contributed by atoms with Gasteiger partial charge >= 0.3 is 5.97 Å². The van der Waals surface area contributed by atoms with Crippen LogP contribution in [0, 0.1) is 5.92 Å². The van der Waals surface area contributed by atoms with E-state index in [0.29, 0.717) is 6.54 Å². The summed E-state index contributed by atoms with van der Waals surface area (Å²) in [6.07, 6.45) is 7.09. The van der Waals surface area contributed by atoms with Crippen LogP contribution in [0.15, 0.2) is 42.5 Å². The molecule has 2 aliphatic rings. The third-order valence-corrected chi connectivity index (χ3v) is 6.22. The lowest BCUT2D eigenvalue weighted by molar-refractivity contribution is -0.142. The van der Waals surface area contributed by atoms with E-state index in [1.165, 1.54) is 18.2 Å². The Morgan fingerprint density at radius 2 is 1.79 bits per heavy atom. The molecule has 4 rings (SSSR count). The third kappa shape index (κ3) is 4.35. The van der Waals surface area contributed by atoms with Crippen LogP contribution in [0.25, 0.3) is 0 Å². The lowest BCUT2D eigenvalue weighted by Crippen LogP contribution is -2.33. The quantitative estimate of drug-likeness (QED) is 0.319. The number of hydrogen-bond acceptors (Lipinski definition) is 7. The van der Waals surface area contributed by atoms with Gasteiger partial charge in [-0.3, -0.25) is 14.4 Å². The van der Waals surface area contributed by atoms with E-state index in [0.717, 1.165) is 19.3 Å². The van der Waals surface area contributed by atoms with Gasteiger partial charge in [0.05, 0.1) is 29.8 Å². The second-order valence-electron chi connectivity index (χ2n) is 8.37. The van der Waals surface area contributed by atoms with Gasteiger partial charge in [-0.25, -0.2) is 0 Å². The number of ether oxygens (including phenoxy) is 1.